The molecule has 8 heteroatoms. The summed E-state index contributed by atoms with van der Waals surface area (Å²) in [7, 11) is 1.67. The molecule has 0 aliphatic carbocycles. The van der Waals surface area contributed by atoms with Gasteiger partial charge in [0.05, 0.1) is 5.69 Å². The van der Waals surface area contributed by atoms with E-state index >= 15 is 0 Å². The second-order valence-electron chi connectivity index (χ2n) is 7.44. The number of H-pyrrole nitrogens is 1. The molecule has 2 amide bonds. The van der Waals surface area contributed by atoms with Gasteiger partial charge in [-0.25, -0.2) is 14.8 Å². The number of nitrogens with zero attached hydrogens (tertiary/aromatic N) is 4. The molecular weight excluding hydrogens is 366 g/mol. The highest BCUT2D eigenvalue weighted by Gasteiger charge is 2.28. The van der Waals surface area contributed by atoms with Crippen LogP contribution < -0.4 is 11.1 Å². The number of hydrogen-bond acceptors (Lipinski definition) is 4. The highest BCUT2D eigenvalue weighted by Crippen LogP contribution is 2.35. The Morgan fingerprint density at radius 3 is 2.83 bits per heavy atom. The summed E-state index contributed by atoms with van der Waals surface area (Å²) < 4.78 is 2.06. The molecule has 5 rings (SSSR count). The largest absolute Gasteiger partial charge is 0.382 e. The molecule has 0 unspecified atom stereocenters. The number of carbonyl (C=O) groups is 1. The zero-order valence-electron chi connectivity index (χ0n) is 16.2. The lowest BCUT2D eigenvalue weighted by molar-refractivity contribution is 0.182. The van der Waals surface area contributed by atoms with Gasteiger partial charge >= 0.3 is 6.03 Å². The summed E-state index contributed by atoms with van der Waals surface area (Å²) in [6.45, 7) is 1.42. The van der Waals surface area contributed by atoms with Gasteiger partial charge in [0.25, 0.3) is 0 Å². The van der Waals surface area contributed by atoms with Crippen LogP contribution in [0.25, 0.3) is 27.8 Å². The number of imidazole rings is 1. The van der Waals surface area contributed by atoms with E-state index in [0.717, 1.165) is 46.5 Å². The number of fused-ring (bicyclic) bond motifs is 2. The Bertz CT molecular complexity index is 1170. The molecule has 1 saturated heterocycles. The van der Waals surface area contributed by atoms with Crippen molar-refractivity contribution in [3.63, 3.8) is 0 Å². The standard InChI is InChI=1S/C21H23N7O/c1-23-21(29)27-9-6-13(7-10-27)20-26-17(18-19(22)24-8-11-28(18)20)16-12-14-4-2-3-5-15(14)25-16/h2-5,8,11-13,25H,6-7,9-10H2,1H3,(H2,22,24)(H,23,29). The average Bonchev–Trinajstić information content (AvgIpc) is 3.35. The number of nitrogen functional groups attached to an aromatic ring is 1. The molecule has 4 aromatic rings. The number of urea groups is 1. The van der Waals surface area contributed by atoms with Gasteiger partial charge in [-0.2, -0.15) is 0 Å². The van der Waals surface area contributed by atoms with Crippen molar-refractivity contribution in [2.24, 2.45) is 0 Å². The molecule has 1 aromatic carbocycles. The first-order valence-electron chi connectivity index (χ1n) is 9.83. The fourth-order valence-corrected chi connectivity index (χ4v) is 4.26. The predicted molar refractivity (Wildman–Crippen MR) is 113 cm³/mol. The SMILES string of the molecule is CNC(=O)N1CCC(c2nc(-c3cc4ccccc4[nH]3)c3c(N)nccn23)CC1. The Morgan fingerprint density at radius 1 is 1.28 bits per heavy atom. The van der Waals surface area contributed by atoms with Crippen molar-refractivity contribution in [2.75, 3.05) is 25.9 Å². The van der Waals surface area contributed by atoms with E-state index in [2.05, 4.69) is 31.8 Å². The molecule has 3 aromatic heterocycles. The van der Waals surface area contributed by atoms with E-state index in [1.54, 1.807) is 13.2 Å². The van der Waals surface area contributed by atoms with Crippen molar-refractivity contribution in [3.8, 4) is 11.4 Å². The molecule has 1 fully saturated rings. The number of aromatic amines is 1. The summed E-state index contributed by atoms with van der Waals surface area (Å²) >= 11 is 0. The molecule has 0 saturated carbocycles. The van der Waals surface area contributed by atoms with E-state index in [-0.39, 0.29) is 11.9 Å². The maximum atomic E-state index is 11.9. The summed E-state index contributed by atoms with van der Waals surface area (Å²) in [6, 6.07) is 10.2. The number of anilines is 1. The molecule has 1 aliphatic rings. The number of benzene rings is 1. The lowest BCUT2D eigenvalue weighted by Crippen LogP contribution is -2.42. The lowest BCUT2D eigenvalue weighted by atomic mass is 9.96. The van der Waals surface area contributed by atoms with Crippen LogP contribution in [-0.2, 0) is 0 Å². The molecule has 0 atom stereocenters. The molecule has 4 N–H and O–H groups in total. The summed E-state index contributed by atoms with van der Waals surface area (Å²) in [4.78, 5) is 26.5. The number of para-hydroxylation sites is 1. The van der Waals surface area contributed by atoms with E-state index < -0.39 is 0 Å². The van der Waals surface area contributed by atoms with E-state index in [9.17, 15) is 4.79 Å². The first-order chi connectivity index (χ1) is 14.2. The van der Waals surface area contributed by atoms with Gasteiger partial charge in [-0.05, 0) is 25.0 Å². The molecule has 8 nitrogen and oxygen atoms in total. The quantitative estimate of drug-likeness (QED) is 0.490. The fourth-order valence-electron chi connectivity index (χ4n) is 4.26. The van der Waals surface area contributed by atoms with E-state index in [4.69, 9.17) is 10.7 Å². The van der Waals surface area contributed by atoms with Crippen LogP contribution in [-0.4, -0.2) is 50.4 Å². The van der Waals surface area contributed by atoms with Crippen molar-refractivity contribution in [1.82, 2.24) is 29.6 Å². The summed E-state index contributed by atoms with van der Waals surface area (Å²) in [5, 5.41) is 3.83. The monoisotopic (exact) mass is 389 g/mol. The van der Waals surface area contributed by atoms with Crippen LogP contribution >= 0.6 is 0 Å². The van der Waals surface area contributed by atoms with E-state index in [1.807, 2.05) is 29.3 Å². The first-order valence-corrected chi connectivity index (χ1v) is 9.83. The fraction of sp³-hybridized carbons (Fsp3) is 0.286. The van der Waals surface area contributed by atoms with Gasteiger partial charge in [0.1, 0.15) is 22.9 Å². The van der Waals surface area contributed by atoms with Crippen LogP contribution in [0.5, 0.6) is 0 Å². The summed E-state index contributed by atoms with van der Waals surface area (Å²) in [5.74, 6) is 1.69. The van der Waals surface area contributed by atoms with Crippen molar-refractivity contribution < 1.29 is 4.79 Å². The summed E-state index contributed by atoms with van der Waals surface area (Å²) in [6.07, 6.45) is 5.36. The Hall–Kier alpha value is -3.55. The molecule has 0 radical (unpaired) electrons. The van der Waals surface area contributed by atoms with Crippen molar-refractivity contribution >= 4 is 28.3 Å². The molecular formula is C21H23N7O. The van der Waals surface area contributed by atoms with Crippen LogP contribution in [0.3, 0.4) is 0 Å². The van der Waals surface area contributed by atoms with E-state index in [1.165, 1.54) is 0 Å². The summed E-state index contributed by atoms with van der Waals surface area (Å²) in [5.41, 5.74) is 9.89. The van der Waals surface area contributed by atoms with Gasteiger partial charge in [0, 0.05) is 49.4 Å². The topological polar surface area (TPSA) is 104 Å². The molecule has 29 heavy (non-hydrogen) atoms. The van der Waals surface area contributed by atoms with Crippen LogP contribution in [0.4, 0.5) is 10.6 Å². The number of likely N-dealkylation sites (tertiary alicyclic amines) is 1. The minimum absolute atomic E-state index is 0.0244. The predicted octanol–water partition coefficient (Wildman–Crippen LogP) is 2.98. The smallest absolute Gasteiger partial charge is 0.317 e. The second-order valence-corrected chi connectivity index (χ2v) is 7.44. The molecule has 0 bridgehead atoms. The number of aromatic nitrogens is 4. The Balaban J connectivity index is 1.57. The molecule has 0 spiro atoms. The molecule has 4 heterocycles. The maximum Gasteiger partial charge on any atom is 0.317 e. The van der Waals surface area contributed by atoms with Crippen molar-refractivity contribution in [1.29, 1.82) is 0 Å². The number of carbonyl (C=O) groups excluding carboxylic acids is 1. The lowest BCUT2D eigenvalue weighted by Gasteiger charge is -2.31. The third-order valence-corrected chi connectivity index (χ3v) is 5.76. The molecule has 148 valence electrons. The van der Waals surface area contributed by atoms with Crippen LogP contribution in [0.1, 0.15) is 24.6 Å². The third kappa shape index (κ3) is 2.88. The Labute approximate surface area is 167 Å². The highest BCUT2D eigenvalue weighted by atomic mass is 16.2. The third-order valence-electron chi connectivity index (χ3n) is 5.76. The number of rotatable bonds is 2. The van der Waals surface area contributed by atoms with Gasteiger partial charge in [-0.1, -0.05) is 18.2 Å². The van der Waals surface area contributed by atoms with Crippen molar-refractivity contribution in [3.05, 3.63) is 48.5 Å². The first kappa shape index (κ1) is 17.5. The van der Waals surface area contributed by atoms with Gasteiger partial charge in [0.15, 0.2) is 0 Å². The minimum Gasteiger partial charge on any atom is -0.382 e. The van der Waals surface area contributed by atoms with E-state index in [0.29, 0.717) is 18.9 Å². The molecule has 1 aliphatic heterocycles. The zero-order chi connectivity index (χ0) is 20.0. The number of piperidine rings is 1. The van der Waals surface area contributed by atoms with Gasteiger partial charge in [0.2, 0.25) is 0 Å². The number of amides is 2. The van der Waals surface area contributed by atoms with Gasteiger partial charge in [-0.3, -0.25) is 4.40 Å². The second kappa shape index (κ2) is 6.80. The number of hydrogen-bond donors (Lipinski definition) is 3. The highest BCUT2D eigenvalue weighted by molar-refractivity contribution is 5.91. The Kier molecular flexibility index (Phi) is 4.12. The number of nitrogens with one attached hydrogen (secondary N) is 2. The minimum atomic E-state index is -0.0244. The van der Waals surface area contributed by atoms with Crippen molar-refractivity contribution in [2.45, 2.75) is 18.8 Å². The van der Waals surface area contributed by atoms with Crippen LogP contribution in [0, 0.1) is 0 Å². The van der Waals surface area contributed by atoms with Gasteiger partial charge in [-0.15, -0.1) is 0 Å². The zero-order valence-corrected chi connectivity index (χ0v) is 16.2. The normalized spacial score (nSPS) is 15.3. The maximum absolute atomic E-state index is 11.9. The average molecular weight is 389 g/mol. The van der Waals surface area contributed by atoms with Crippen LogP contribution in [0.2, 0.25) is 0 Å². The van der Waals surface area contributed by atoms with Gasteiger partial charge < -0.3 is 20.9 Å². The van der Waals surface area contributed by atoms with Crippen LogP contribution in [0.15, 0.2) is 42.7 Å². The number of nitrogens with two attached hydrogens (primary N) is 1. The Morgan fingerprint density at radius 2 is 2.07 bits per heavy atom.